The zero-order chi connectivity index (χ0) is 9.30. The molecular weight excluding hydrogens is 180 g/mol. The van der Waals surface area contributed by atoms with E-state index in [2.05, 4.69) is 4.74 Å². The number of allylic oxidation sites excluding steroid dienone is 2. The molecule has 1 radical (unpaired) electrons. The predicted molar refractivity (Wildman–Crippen MR) is 29.1 cm³/mol. The Balaban J connectivity index is 3.09. The summed E-state index contributed by atoms with van der Waals surface area (Å²) in [5.74, 6) is -5.96. The summed E-state index contributed by atoms with van der Waals surface area (Å²) in [6, 6.07) is -1.96. The van der Waals surface area contributed by atoms with Crippen LogP contribution in [0.2, 0.25) is 0 Å². The second-order valence-electron chi connectivity index (χ2n) is 1.87. The Morgan fingerprint density at radius 1 is 1.17 bits per heavy atom. The first-order valence-corrected chi connectivity index (χ1v) is 2.73. The number of halogens is 4. The van der Waals surface area contributed by atoms with E-state index in [9.17, 15) is 22.4 Å². The summed E-state index contributed by atoms with van der Waals surface area (Å²) < 4.78 is 52.5. The molecule has 0 aromatic heterocycles. The van der Waals surface area contributed by atoms with Gasteiger partial charge in [0.15, 0.2) is 5.83 Å². The number of carbonyl (C=O) groups excluding carboxylic acids is 1. The average Bonchev–Trinajstić information content (AvgIpc) is 2.08. The van der Waals surface area contributed by atoms with Gasteiger partial charge in [0, 0.05) is 0 Å². The SMILES string of the molecule is O=[C]C1OC(F)=C(F)C(F)=C1F. The lowest BCUT2D eigenvalue weighted by molar-refractivity contribution is 0.0912. The maximum absolute atomic E-state index is 12.3. The van der Waals surface area contributed by atoms with Crippen LogP contribution in [0.15, 0.2) is 23.5 Å². The topological polar surface area (TPSA) is 26.3 Å². The zero-order valence-corrected chi connectivity index (χ0v) is 5.41. The minimum atomic E-state index is -2.15. The lowest BCUT2D eigenvalue weighted by Crippen LogP contribution is -2.19. The largest absolute Gasteiger partial charge is 0.449 e. The highest BCUT2D eigenvalue weighted by Crippen LogP contribution is 2.31. The van der Waals surface area contributed by atoms with E-state index in [0.29, 0.717) is 0 Å². The molecule has 0 fully saturated rings. The van der Waals surface area contributed by atoms with Gasteiger partial charge in [-0.2, -0.15) is 8.78 Å². The van der Waals surface area contributed by atoms with Crippen LogP contribution in [0.25, 0.3) is 0 Å². The highest BCUT2D eigenvalue weighted by Gasteiger charge is 2.33. The van der Waals surface area contributed by atoms with E-state index in [0.717, 1.165) is 6.29 Å². The summed E-state index contributed by atoms with van der Waals surface area (Å²) in [6.07, 6.45) is -1.30. The van der Waals surface area contributed by atoms with Crippen molar-refractivity contribution in [3.05, 3.63) is 23.5 Å². The fraction of sp³-hybridized carbons (Fsp3) is 0.167. The van der Waals surface area contributed by atoms with Gasteiger partial charge in [-0.1, -0.05) is 0 Å². The van der Waals surface area contributed by atoms with E-state index in [1.54, 1.807) is 0 Å². The number of rotatable bonds is 1. The predicted octanol–water partition coefficient (Wildman–Crippen LogP) is 1.75. The number of hydrogen-bond acceptors (Lipinski definition) is 2. The van der Waals surface area contributed by atoms with Gasteiger partial charge in [0.1, 0.15) is 0 Å². The van der Waals surface area contributed by atoms with Crippen LogP contribution in [0.3, 0.4) is 0 Å². The molecule has 65 valence electrons. The summed E-state index contributed by atoms with van der Waals surface area (Å²) >= 11 is 0. The molecule has 1 heterocycles. The molecule has 1 aliphatic heterocycles. The van der Waals surface area contributed by atoms with Crippen LogP contribution >= 0.6 is 0 Å². The molecule has 0 amide bonds. The lowest BCUT2D eigenvalue weighted by Gasteiger charge is -2.14. The van der Waals surface area contributed by atoms with Crippen molar-refractivity contribution < 1.29 is 27.1 Å². The molecule has 6 heteroatoms. The van der Waals surface area contributed by atoms with Crippen molar-refractivity contribution in [1.82, 2.24) is 0 Å². The van der Waals surface area contributed by atoms with Crippen molar-refractivity contribution in [3.8, 4) is 0 Å². The molecule has 0 aromatic carbocycles. The summed E-state index contributed by atoms with van der Waals surface area (Å²) in [7, 11) is 0. The highest BCUT2D eigenvalue weighted by molar-refractivity contribution is 5.63. The Labute approximate surface area is 64.1 Å². The van der Waals surface area contributed by atoms with Crippen molar-refractivity contribution >= 4 is 6.29 Å². The number of ether oxygens (including phenoxy) is 1. The Kier molecular flexibility index (Phi) is 2.16. The van der Waals surface area contributed by atoms with Crippen LogP contribution in [0, 0.1) is 0 Å². The van der Waals surface area contributed by atoms with Crippen molar-refractivity contribution in [2.24, 2.45) is 0 Å². The Morgan fingerprint density at radius 3 is 2.25 bits per heavy atom. The molecule has 2 nitrogen and oxygen atoms in total. The molecule has 1 unspecified atom stereocenters. The smallest absolute Gasteiger partial charge is 0.313 e. The summed E-state index contributed by atoms with van der Waals surface area (Å²) in [5.41, 5.74) is 0. The first kappa shape index (κ1) is 8.76. The molecule has 12 heavy (non-hydrogen) atoms. The van der Waals surface area contributed by atoms with Crippen molar-refractivity contribution in [1.29, 1.82) is 0 Å². The first-order chi connectivity index (χ1) is 5.57. The van der Waals surface area contributed by atoms with E-state index in [1.807, 2.05) is 0 Å². The molecular formula is C6HF4O2. The third-order valence-corrected chi connectivity index (χ3v) is 1.13. The van der Waals surface area contributed by atoms with Crippen LogP contribution < -0.4 is 0 Å². The second kappa shape index (κ2) is 2.96. The van der Waals surface area contributed by atoms with Gasteiger partial charge < -0.3 is 4.74 Å². The summed E-state index contributed by atoms with van der Waals surface area (Å²) in [6.45, 7) is 0. The second-order valence-corrected chi connectivity index (χ2v) is 1.87. The first-order valence-electron chi connectivity index (χ1n) is 2.73. The molecule has 0 saturated heterocycles. The molecule has 0 aliphatic carbocycles. The maximum Gasteiger partial charge on any atom is 0.313 e. The molecule has 0 N–H and O–H groups in total. The quantitative estimate of drug-likeness (QED) is 0.576. The molecule has 0 saturated carbocycles. The molecule has 0 bridgehead atoms. The molecule has 0 aromatic rings. The monoisotopic (exact) mass is 181 g/mol. The van der Waals surface area contributed by atoms with Crippen molar-refractivity contribution in [2.75, 3.05) is 0 Å². The van der Waals surface area contributed by atoms with Crippen LogP contribution in [0.1, 0.15) is 0 Å². The fourth-order valence-electron chi connectivity index (χ4n) is 0.589. The van der Waals surface area contributed by atoms with E-state index in [-0.39, 0.29) is 0 Å². The van der Waals surface area contributed by atoms with Gasteiger partial charge in [-0.05, 0) is 0 Å². The van der Waals surface area contributed by atoms with Crippen molar-refractivity contribution in [3.63, 3.8) is 0 Å². The van der Waals surface area contributed by atoms with E-state index < -0.39 is 29.6 Å². The van der Waals surface area contributed by atoms with Gasteiger partial charge >= 0.3 is 6.01 Å². The normalized spacial score (nSPS) is 24.2. The van der Waals surface area contributed by atoms with Crippen molar-refractivity contribution in [2.45, 2.75) is 6.10 Å². The van der Waals surface area contributed by atoms with Crippen LogP contribution in [0.4, 0.5) is 17.6 Å². The van der Waals surface area contributed by atoms with Gasteiger partial charge in [-0.3, -0.25) is 4.79 Å². The van der Waals surface area contributed by atoms with E-state index in [4.69, 9.17) is 0 Å². The zero-order valence-electron chi connectivity index (χ0n) is 5.41. The maximum atomic E-state index is 12.3. The van der Waals surface area contributed by atoms with Gasteiger partial charge in [0.2, 0.25) is 17.8 Å². The van der Waals surface area contributed by atoms with Crippen LogP contribution in [-0.2, 0) is 9.53 Å². The minimum absolute atomic E-state index is 0.849. The van der Waals surface area contributed by atoms with Crippen LogP contribution in [-0.4, -0.2) is 12.4 Å². The fourth-order valence-corrected chi connectivity index (χ4v) is 0.589. The molecule has 1 aliphatic rings. The van der Waals surface area contributed by atoms with Gasteiger partial charge in [-0.15, -0.1) is 0 Å². The molecule has 0 spiro atoms. The van der Waals surface area contributed by atoms with Gasteiger partial charge in [0.05, 0.1) is 0 Å². The molecule has 1 rings (SSSR count). The average molecular weight is 181 g/mol. The number of hydrogen-bond donors (Lipinski definition) is 0. The summed E-state index contributed by atoms with van der Waals surface area (Å²) in [4.78, 5) is 9.77. The Hall–Kier alpha value is -1.33. The van der Waals surface area contributed by atoms with Crippen LogP contribution in [0.5, 0.6) is 0 Å². The third kappa shape index (κ3) is 1.19. The van der Waals surface area contributed by atoms with Gasteiger partial charge in [-0.25, -0.2) is 8.78 Å². The lowest BCUT2D eigenvalue weighted by atomic mass is 10.2. The highest BCUT2D eigenvalue weighted by atomic mass is 19.2. The minimum Gasteiger partial charge on any atom is -0.449 e. The standard InChI is InChI=1S/C6HF4O2/c7-3-2(1-11)12-6(10)5(9)4(3)8/h2H. The van der Waals surface area contributed by atoms with E-state index >= 15 is 0 Å². The Bertz CT molecular complexity index is 281. The Morgan fingerprint density at radius 2 is 1.75 bits per heavy atom. The third-order valence-electron chi connectivity index (χ3n) is 1.13. The van der Waals surface area contributed by atoms with E-state index in [1.165, 1.54) is 0 Å². The summed E-state index contributed by atoms with van der Waals surface area (Å²) in [5, 5.41) is 0. The van der Waals surface area contributed by atoms with Gasteiger partial charge in [0.25, 0.3) is 6.29 Å². The molecule has 1 atom stereocenters.